The van der Waals surface area contributed by atoms with Crippen molar-refractivity contribution < 1.29 is 9.53 Å². The van der Waals surface area contributed by atoms with Gasteiger partial charge in [0.2, 0.25) is 0 Å². The molecule has 1 aliphatic rings. The van der Waals surface area contributed by atoms with E-state index in [0.29, 0.717) is 0 Å². The van der Waals surface area contributed by atoms with E-state index in [4.69, 9.17) is 9.73 Å². The quantitative estimate of drug-likeness (QED) is 0.440. The largest absolute Gasteiger partial charge is 0.496 e. The number of aliphatic imine (C=N–C) groups is 1. The molecule has 0 saturated heterocycles. The van der Waals surface area contributed by atoms with Gasteiger partial charge in [0, 0.05) is 16.8 Å². The van der Waals surface area contributed by atoms with Gasteiger partial charge in [-0.15, -0.1) is 11.3 Å². The lowest BCUT2D eigenvalue weighted by atomic mass is 9.95. The van der Waals surface area contributed by atoms with Crippen LogP contribution in [0.4, 0.5) is 10.7 Å². The Labute approximate surface area is 182 Å². The average molecular weight is 469 g/mol. The summed E-state index contributed by atoms with van der Waals surface area (Å²) in [6, 6.07) is 15.4. The van der Waals surface area contributed by atoms with Crippen LogP contribution in [-0.2, 0) is 12.8 Å². The van der Waals surface area contributed by atoms with E-state index in [1.807, 2.05) is 48.5 Å². The van der Waals surface area contributed by atoms with Crippen molar-refractivity contribution in [1.82, 2.24) is 0 Å². The summed E-state index contributed by atoms with van der Waals surface area (Å²) in [6.45, 7) is 0. The number of rotatable bonds is 5. The summed E-state index contributed by atoms with van der Waals surface area (Å²) in [4.78, 5) is 19.1. The highest BCUT2D eigenvalue weighted by molar-refractivity contribution is 9.10. The van der Waals surface area contributed by atoms with Crippen LogP contribution < -0.4 is 10.1 Å². The van der Waals surface area contributed by atoms with Crippen LogP contribution >= 0.6 is 27.3 Å². The van der Waals surface area contributed by atoms with Gasteiger partial charge in [-0.25, -0.2) is 4.99 Å². The maximum absolute atomic E-state index is 13.1. The van der Waals surface area contributed by atoms with Crippen molar-refractivity contribution in [3.63, 3.8) is 0 Å². The minimum Gasteiger partial charge on any atom is -0.496 e. The van der Waals surface area contributed by atoms with E-state index in [9.17, 15) is 4.79 Å². The third kappa shape index (κ3) is 4.43. The van der Waals surface area contributed by atoms with Crippen LogP contribution in [-0.4, -0.2) is 19.2 Å². The Kier molecular flexibility index (Phi) is 6.11. The van der Waals surface area contributed by atoms with Gasteiger partial charge < -0.3 is 10.1 Å². The van der Waals surface area contributed by atoms with Crippen molar-refractivity contribution in [1.29, 1.82) is 0 Å². The number of carbonyl (C=O) groups is 1. The van der Waals surface area contributed by atoms with Crippen molar-refractivity contribution >= 4 is 50.1 Å². The molecule has 0 unspecified atom stereocenters. The van der Waals surface area contributed by atoms with E-state index in [1.165, 1.54) is 11.3 Å². The summed E-state index contributed by atoms with van der Waals surface area (Å²) in [7, 11) is 1.64. The number of carbonyl (C=O) groups excluding carboxylic acids is 1. The molecular weight excluding hydrogens is 448 g/mol. The predicted octanol–water partition coefficient (Wildman–Crippen LogP) is 6.40. The van der Waals surface area contributed by atoms with Crippen LogP contribution in [0.5, 0.6) is 5.75 Å². The van der Waals surface area contributed by atoms with Gasteiger partial charge in [-0.2, -0.15) is 0 Å². The number of halogens is 1. The summed E-state index contributed by atoms with van der Waals surface area (Å²) >= 11 is 5.14. The number of fused-ring (bicyclic) bond motifs is 1. The van der Waals surface area contributed by atoms with Crippen LogP contribution in [0.1, 0.15) is 39.2 Å². The summed E-state index contributed by atoms with van der Waals surface area (Å²) in [6.07, 6.45) is 6.05. The number of anilines is 1. The van der Waals surface area contributed by atoms with Crippen LogP contribution in [0.15, 0.2) is 58.0 Å². The number of thiophene rings is 1. The van der Waals surface area contributed by atoms with Gasteiger partial charge in [-0.1, -0.05) is 18.2 Å². The fraction of sp³-hybridized carbons (Fsp3) is 0.217. The molecule has 3 aromatic rings. The molecule has 29 heavy (non-hydrogen) atoms. The molecule has 1 heterocycles. The topological polar surface area (TPSA) is 50.7 Å². The van der Waals surface area contributed by atoms with Gasteiger partial charge in [0.15, 0.2) is 0 Å². The normalized spacial score (nSPS) is 13.3. The maximum Gasteiger partial charge on any atom is 0.259 e. The number of methoxy groups -OCH3 is 1. The Morgan fingerprint density at radius 3 is 2.72 bits per heavy atom. The third-order valence-corrected chi connectivity index (χ3v) is 6.74. The molecule has 0 spiro atoms. The first-order valence-electron chi connectivity index (χ1n) is 9.54. The second-order valence-corrected chi connectivity index (χ2v) is 8.80. The van der Waals surface area contributed by atoms with E-state index in [-0.39, 0.29) is 5.91 Å². The van der Waals surface area contributed by atoms with Crippen molar-refractivity contribution in [2.75, 3.05) is 12.4 Å². The highest BCUT2D eigenvalue weighted by Crippen LogP contribution is 2.40. The molecule has 148 valence electrons. The number of ether oxygens (including phenoxy) is 1. The minimum atomic E-state index is -0.0846. The molecule has 0 radical (unpaired) electrons. The van der Waals surface area contributed by atoms with Crippen molar-refractivity contribution in [2.24, 2.45) is 4.99 Å². The van der Waals surface area contributed by atoms with E-state index >= 15 is 0 Å². The first-order valence-corrected chi connectivity index (χ1v) is 11.1. The zero-order valence-corrected chi connectivity index (χ0v) is 18.5. The molecule has 2 aromatic carbocycles. The number of amides is 1. The lowest BCUT2D eigenvalue weighted by Crippen LogP contribution is -2.14. The standard InChI is InChI=1S/C23H21BrN2O2S/c1-28-19-12-11-15(13-18(19)24)14-25-23-21(17-9-5-6-10-20(17)29-23)22(27)26-16-7-3-2-4-8-16/h2-4,7-8,11-14H,5-6,9-10H2,1H3,(H,26,27). The molecule has 1 aromatic heterocycles. The van der Waals surface area contributed by atoms with Gasteiger partial charge in [0.25, 0.3) is 5.91 Å². The van der Waals surface area contributed by atoms with Crippen LogP contribution in [0.2, 0.25) is 0 Å². The van der Waals surface area contributed by atoms with Crippen LogP contribution in [0.3, 0.4) is 0 Å². The Bertz CT molecular complexity index is 1060. The molecule has 0 atom stereocenters. The molecule has 1 amide bonds. The molecule has 0 bridgehead atoms. The SMILES string of the molecule is COc1ccc(C=Nc2sc3c(c2C(=O)Nc2ccccc2)CCCC3)cc1Br. The Morgan fingerprint density at radius 1 is 1.17 bits per heavy atom. The molecule has 6 heteroatoms. The molecule has 4 nitrogen and oxygen atoms in total. The average Bonchev–Trinajstić information content (AvgIpc) is 3.11. The van der Waals surface area contributed by atoms with Crippen molar-refractivity contribution in [3.8, 4) is 5.75 Å². The fourth-order valence-electron chi connectivity index (χ4n) is 3.49. The molecule has 1 N–H and O–H groups in total. The lowest BCUT2D eigenvalue weighted by molar-refractivity contribution is 0.102. The number of nitrogens with zero attached hydrogens (tertiary/aromatic N) is 1. The second kappa shape index (κ2) is 8.93. The number of benzene rings is 2. The summed E-state index contributed by atoms with van der Waals surface area (Å²) in [5.41, 5.74) is 3.62. The third-order valence-electron chi connectivity index (χ3n) is 4.92. The van der Waals surface area contributed by atoms with Gasteiger partial charge in [-0.3, -0.25) is 4.79 Å². The number of hydrogen-bond donors (Lipinski definition) is 1. The summed E-state index contributed by atoms with van der Waals surface area (Å²) in [5.74, 6) is 0.690. The zero-order chi connectivity index (χ0) is 20.2. The van der Waals surface area contributed by atoms with Gasteiger partial charge >= 0.3 is 0 Å². The summed E-state index contributed by atoms with van der Waals surface area (Å²) in [5, 5.41) is 3.80. The number of nitrogens with one attached hydrogen (secondary N) is 1. The zero-order valence-electron chi connectivity index (χ0n) is 16.1. The monoisotopic (exact) mass is 468 g/mol. The molecule has 0 saturated carbocycles. The van der Waals surface area contributed by atoms with Crippen LogP contribution in [0.25, 0.3) is 0 Å². The fourth-order valence-corrected chi connectivity index (χ4v) is 5.28. The predicted molar refractivity (Wildman–Crippen MR) is 123 cm³/mol. The van der Waals surface area contributed by atoms with Gasteiger partial charge in [0.1, 0.15) is 10.8 Å². The first-order chi connectivity index (χ1) is 14.2. The van der Waals surface area contributed by atoms with Crippen LogP contribution in [0, 0.1) is 0 Å². The van der Waals surface area contributed by atoms with Crippen molar-refractivity contribution in [3.05, 3.63) is 74.6 Å². The molecule has 0 fully saturated rings. The van der Waals surface area contributed by atoms with E-state index in [1.54, 1.807) is 24.7 Å². The molecule has 1 aliphatic carbocycles. The lowest BCUT2D eigenvalue weighted by Gasteiger charge is -2.12. The smallest absolute Gasteiger partial charge is 0.259 e. The molecular formula is C23H21BrN2O2S. The van der Waals surface area contributed by atoms with Crippen molar-refractivity contribution in [2.45, 2.75) is 25.7 Å². The summed E-state index contributed by atoms with van der Waals surface area (Å²) < 4.78 is 6.15. The first kappa shape index (κ1) is 19.9. The number of hydrogen-bond acceptors (Lipinski definition) is 4. The van der Waals surface area contributed by atoms with E-state index in [2.05, 4.69) is 21.2 Å². The molecule has 4 rings (SSSR count). The Morgan fingerprint density at radius 2 is 1.97 bits per heavy atom. The van der Waals surface area contributed by atoms with Gasteiger partial charge in [-0.05, 0) is 83.1 Å². The second-order valence-electron chi connectivity index (χ2n) is 6.86. The Balaban J connectivity index is 1.67. The number of para-hydroxylation sites is 1. The van der Waals surface area contributed by atoms with E-state index < -0.39 is 0 Å². The minimum absolute atomic E-state index is 0.0846. The maximum atomic E-state index is 13.1. The van der Waals surface area contributed by atoms with Gasteiger partial charge in [0.05, 0.1) is 17.1 Å². The van der Waals surface area contributed by atoms with E-state index in [0.717, 1.165) is 56.9 Å². The highest BCUT2D eigenvalue weighted by Gasteiger charge is 2.25. The Hall–Kier alpha value is -2.44. The highest BCUT2D eigenvalue weighted by atomic mass is 79.9. The molecule has 0 aliphatic heterocycles. The number of aryl methyl sites for hydroxylation is 1.